The molecule has 6 rings (SSSR count). The van der Waals surface area contributed by atoms with Gasteiger partial charge in [0.05, 0.1) is 22.4 Å². The molecule has 0 saturated heterocycles. The summed E-state index contributed by atoms with van der Waals surface area (Å²) in [5.41, 5.74) is 12.8. The van der Waals surface area contributed by atoms with E-state index in [4.69, 9.17) is 9.97 Å². The summed E-state index contributed by atoms with van der Waals surface area (Å²) in [5.74, 6) is 0. The Morgan fingerprint density at radius 1 is 0.361 bits per heavy atom. The lowest BCUT2D eigenvalue weighted by Crippen LogP contribution is -2.02. The molecule has 0 amide bonds. The predicted molar refractivity (Wildman–Crippen MR) is 151 cm³/mol. The van der Waals surface area contributed by atoms with Crippen LogP contribution in [0.5, 0.6) is 0 Å². The van der Waals surface area contributed by atoms with E-state index < -0.39 is 0 Å². The second kappa shape index (κ2) is 9.24. The first-order valence-corrected chi connectivity index (χ1v) is 12.3. The van der Waals surface area contributed by atoms with E-state index in [0.717, 1.165) is 55.8 Å². The van der Waals surface area contributed by atoms with E-state index in [-0.39, 0.29) is 0 Å². The van der Waals surface area contributed by atoms with Crippen molar-refractivity contribution in [3.05, 3.63) is 132 Å². The fraction of sp³-hybridized carbons (Fsp3) is 0.0588. The van der Waals surface area contributed by atoms with Gasteiger partial charge in [-0.05, 0) is 36.1 Å². The maximum atomic E-state index is 5.42. The van der Waals surface area contributed by atoms with Crippen LogP contribution in [0.15, 0.2) is 121 Å². The van der Waals surface area contributed by atoms with Gasteiger partial charge in [-0.2, -0.15) is 0 Å². The zero-order chi connectivity index (χ0) is 24.5. The molecule has 0 fully saturated rings. The number of fused-ring (bicyclic) bond motifs is 1. The molecule has 36 heavy (non-hydrogen) atoms. The van der Waals surface area contributed by atoms with Crippen molar-refractivity contribution in [2.24, 2.45) is 0 Å². The molecule has 0 atom stereocenters. The molecule has 2 heteroatoms. The average molecular weight is 463 g/mol. The van der Waals surface area contributed by atoms with Gasteiger partial charge in [0.1, 0.15) is 0 Å². The Labute approximate surface area is 212 Å². The normalized spacial score (nSPS) is 11.1. The number of benzene rings is 5. The van der Waals surface area contributed by atoms with Gasteiger partial charge in [-0.1, -0.05) is 121 Å². The highest BCUT2D eigenvalue weighted by molar-refractivity contribution is 6.05. The molecular weight excluding hydrogens is 436 g/mol. The van der Waals surface area contributed by atoms with E-state index in [0.29, 0.717) is 0 Å². The zero-order valence-corrected chi connectivity index (χ0v) is 20.4. The van der Waals surface area contributed by atoms with Crippen LogP contribution in [0.2, 0.25) is 0 Å². The summed E-state index contributed by atoms with van der Waals surface area (Å²) in [6, 6.07) is 41.9. The summed E-state index contributed by atoms with van der Waals surface area (Å²) in [7, 11) is 0. The Morgan fingerprint density at radius 3 is 0.944 bits per heavy atom. The average Bonchev–Trinajstić information content (AvgIpc) is 2.95. The Balaban J connectivity index is 1.81. The van der Waals surface area contributed by atoms with Crippen LogP contribution >= 0.6 is 0 Å². The van der Waals surface area contributed by atoms with Crippen LogP contribution in [-0.4, -0.2) is 9.97 Å². The van der Waals surface area contributed by atoms with Crippen molar-refractivity contribution >= 4 is 11.0 Å². The number of hydrogen-bond acceptors (Lipinski definition) is 2. The lowest BCUT2D eigenvalue weighted by atomic mass is 9.88. The molecule has 0 unspecified atom stereocenters. The van der Waals surface area contributed by atoms with Gasteiger partial charge in [0.15, 0.2) is 0 Å². The van der Waals surface area contributed by atoms with Crippen LogP contribution in [-0.2, 0) is 0 Å². The molecule has 6 aromatic rings. The van der Waals surface area contributed by atoms with Crippen LogP contribution in [0.3, 0.4) is 0 Å². The first-order valence-electron chi connectivity index (χ1n) is 12.3. The molecule has 0 aliphatic heterocycles. The van der Waals surface area contributed by atoms with Gasteiger partial charge < -0.3 is 0 Å². The van der Waals surface area contributed by atoms with E-state index in [1.54, 1.807) is 0 Å². The SMILES string of the molecule is Cc1c(C)c(-c2ccccc2)c2nc(-c3ccccc3)c(-c3ccccc3)nc2c1-c1ccccc1. The molecule has 1 aromatic heterocycles. The van der Waals surface area contributed by atoms with E-state index in [2.05, 4.69) is 123 Å². The van der Waals surface area contributed by atoms with Crippen molar-refractivity contribution in [2.45, 2.75) is 13.8 Å². The fourth-order valence-electron chi connectivity index (χ4n) is 5.02. The van der Waals surface area contributed by atoms with Crippen molar-refractivity contribution in [1.82, 2.24) is 9.97 Å². The van der Waals surface area contributed by atoms with Crippen molar-refractivity contribution in [3.8, 4) is 44.8 Å². The molecule has 0 aliphatic rings. The molecule has 0 bridgehead atoms. The van der Waals surface area contributed by atoms with Crippen molar-refractivity contribution in [3.63, 3.8) is 0 Å². The quantitative estimate of drug-likeness (QED) is 0.261. The zero-order valence-electron chi connectivity index (χ0n) is 20.4. The second-order valence-corrected chi connectivity index (χ2v) is 9.08. The van der Waals surface area contributed by atoms with Gasteiger partial charge >= 0.3 is 0 Å². The first kappa shape index (κ1) is 21.9. The molecular formula is C34H26N2. The van der Waals surface area contributed by atoms with Crippen LogP contribution in [0.25, 0.3) is 55.8 Å². The summed E-state index contributed by atoms with van der Waals surface area (Å²) in [6.45, 7) is 4.41. The third kappa shape index (κ3) is 3.77. The Bertz CT molecular complexity index is 1530. The summed E-state index contributed by atoms with van der Waals surface area (Å²) in [4.78, 5) is 10.8. The maximum Gasteiger partial charge on any atom is 0.0982 e. The molecule has 5 aromatic carbocycles. The smallest absolute Gasteiger partial charge is 0.0982 e. The maximum absolute atomic E-state index is 5.42. The minimum absolute atomic E-state index is 0.897. The van der Waals surface area contributed by atoms with Crippen LogP contribution in [0, 0.1) is 13.8 Å². The summed E-state index contributed by atoms with van der Waals surface area (Å²) >= 11 is 0. The van der Waals surface area contributed by atoms with Gasteiger partial charge in [-0.25, -0.2) is 9.97 Å². The second-order valence-electron chi connectivity index (χ2n) is 9.08. The molecule has 0 saturated carbocycles. The monoisotopic (exact) mass is 462 g/mol. The van der Waals surface area contributed by atoms with Gasteiger partial charge in [-0.3, -0.25) is 0 Å². The van der Waals surface area contributed by atoms with Crippen molar-refractivity contribution in [2.75, 3.05) is 0 Å². The highest BCUT2D eigenvalue weighted by Gasteiger charge is 2.22. The standard InChI is InChI=1S/C34H26N2/c1-23-24(2)30(26-17-9-4-10-18-26)34-33(29(23)25-15-7-3-8-16-25)35-31(27-19-11-5-12-20-27)32(36-34)28-21-13-6-14-22-28/h3-22H,1-2H3. The van der Waals surface area contributed by atoms with E-state index >= 15 is 0 Å². The minimum Gasteiger partial charge on any atom is -0.243 e. The number of nitrogens with zero attached hydrogens (tertiary/aromatic N) is 2. The lowest BCUT2D eigenvalue weighted by Gasteiger charge is -2.20. The summed E-state index contributed by atoms with van der Waals surface area (Å²) in [6.07, 6.45) is 0. The highest BCUT2D eigenvalue weighted by Crippen LogP contribution is 2.42. The number of aromatic nitrogens is 2. The summed E-state index contributed by atoms with van der Waals surface area (Å²) < 4.78 is 0. The van der Waals surface area contributed by atoms with Crippen molar-refractivity contribution in [1.29, 1.82) is 0 Å². The van der Waals surface area contributed by atoms with Crippen molar-refractivity contribution < 1.29 is 0 Å². The largest absolute Gasteiger partial charge is 0.243 e. The fourth-order valence-corrected chi connectivity index (χ4v) is 5.02. The Hall–Kier alpha value is -4.56. The van der Waals surface area contributed by atoms with Gasteiger partial charge in [-0.15, -0.1) is 0 Å². The molecule has 0 aliphatic carbocycles. The molecule has 0 radical (unpaired) electrons. The molecule has 172 valence electrons. The molecule has 0 spiro atoms. The third-order valence-electron chi connectivity index (χ3n) is 6.90. The lowest BCUT2D eigenvalue weighted by molar-refractivity contribution is 1.26. The van der Waals surface area contributed by atoms with Crippen LogP contribution in [0.4, 0.5) is 0 Å². The molecule has 0 N–H and O–H groups in total. The Kier molecular flexibility index (Phi) is 5.63. The van der Waals surface area contributed by atoms with Gasteiger partial charge in [0, 0.05) is 22.3 Å². The first-order chi connectivity index (χ1) is 17.7. The summed E-state index contributed by atoms with van der Waals surface area (Å²) in [5, 5.41) is 0. The predicted octanol–water partition coefficient (Wildman–Crippen LogP) is 8.91. The number of rotatable bonds is 4. The van der Waals surface area contributed by atoms with Gasteiger partial charge in [0.2, 0.25) is 0 Å². The van der Waals surface area contributed by atoms with Gasteiger partial charge in [0.25, 0.3) is 0 Å². The van der Waals surface area contributed by atoms with Crippen LogP contribution < -0.4 is 0 Å². The van der Waals surface area contributed by atoms with E-state index in [9.17, 15) is 0 Å². The Morgan fingerprint density at radius 2 is 0.639 bits per heavy atom. The molecule has 1 heterocycles. The van der Waals surface area contributed by atoms with Crippen LogP contribution in [0.1, 0.15) is 11.1 Å². The molecule has 2 nitrogen and oxygen atoms in total. The van der Waals surface area contributed by atoms with E-state index in [1.165, 1.54) is 11.1 Å². The highest BCUT2D eigenvalue weighted by atomic mass is 14.8. The third-order valence-corrected chi connectivity index (χ3v) is 6.90. The topological polar surface area (TPSA) is 25.8 Å². The number of hydrogen-bond donors (Lipinski definition) is 0. The van der Waals surface area contributed by atoms with E-state index in [1.807, 2.05) is 12.1 Å². The minimum atomic E-state index is 0.897.